The van der Waals surface area contributed by atoms with Gasteiger partial charge in [0.2, 0.25) is 0 Å². The topological polar surface area (TPSA) is 46.5 Å². The van der Waals surface area contributed by atoms with E-state index in [1.807, 2.05) is 48.5 Å². The third kappa shape index (κ3) is 5.12. The zero-order valence-corrected chi connectivity index (χ0v) is 14.5. The van der Waals surface area contributed by atoms with Gasteiger partial charge in [0.15, 0.2) is 0 Å². The van der Waals surface area contributed by atoms with E-state index in [0.717, 1.165) is 42.7 Å². The lowest BCUT2D eigenvalue weighted by atomic mass is 9.91. The van der Waals surface area contributed by atoms with Crippen molar-refractivity contribution in [1.29, 1.82) is 0 Å². The van der Waals surface area contributed by atoms with Crippen molar-refractivity contribution in [2.75, 3.05) is 6.61 Å². The summed E-state index contributed by atoms with van der Waals surface area (Å²) in [5.74, 6) is -0.475. The fourth-order valence-electron chi connectivity index (χ4n) is 2.63. The van der Waals surface area contributed by atoms with E-state index >= 15 is 0 Å². The number of hydrogen-bond donors (Lipinski definition) is 1. The summed E-state index contributed by atoms with van der Waals surface area (Å²) in [5.41, 5.74) is 3.07. The van der Waals surface area contributed by atoms with Crippen molar-refractivity contribution in [2.45, 2.75) is 45.4 Å². The molecule has 1 N–H and O–H groups in total. The molecule has 0 bridgehead atoms. The average Bonchev–Trinajstić information content (AvgIpc) is 2.61. The van der Waals surface area contributed by atoms with Gasteiger partial charge in [0.25, 0.3) is 0 Å². The maximum absolute atomic E-state index is 11.7. The van der Waals surface area contributed by atoms with Crippen LogP contribution in [-0.2, 0) is 17.6 Å². The minimum atomic E-state index is -0.789. The minimum absolute atomic E-state index is 0.482. The number of hydrogen-bond acceptors (Lipinski definition) is 2. The van der Waals surface area contributed by atoms with E-state index in [0.29, 0.717) is 6.42 Å². The first kappa shape index (κ1) is 18.1. The number of unbranched alkanes of at least 4 members (excludes halogenated alkanes) is 1. The van der Waals surface area contributed by atoms with Crippen LogP contribution < -0.4 is 4.74 Å². The summed E-state index contributed by atoms with van der Waals surface area (Å²) in [5, 5.41) is 9.59. The number of aliphatic carboxylic acids is 1. The van der Waals surface area contributed by atoms with Gasteiger partial charge in [-0.05, 0) is 48.1 Å². The van der Waals surface area contributed by atoms with Crippen LogP contribution in [0.5, 0.6) is 5.75 Å². The van der Waals surface area contributed by atoms with Crippen LogP contribution in [0.25, 0.3) is 0 Å². The molecule has 3 heteroatoms. The normalized spacial score (nSPS) is 11.9. The van der Waals surface area contributed by atoms with Crippen LogP contribution in [0.3, 0.4) is 0 Å². The largest absolute Gasteiger partial charge is 0.494 e. The van der Waals surface area contributed by atoms with Crippen LogP contribution in [0.2, 0.25) is 0 Å². The molecule has 0 saturated carbocycles. The molecule has 0 aliphatic heterocycles. The number of ether oxygens (including phenoxy) is 1. The van der Waals surface area contributed by atoms with Crippen molar-refractivity contribution in [3.05, 3.63) is 65.2 Å². The Balaban J connectivity index is 2.05. The lowest BCUT2D eigenvalue weighted by Crippen LogP contribution is -2.14. The number of carboxylic acids is 1. The van der Waals surface area contributed by atoms with Gasteiger partial charge in [0.05, 0.1) is 12.5 Å². The summed E-state index contributed by atoms with van der Waals surface area (Å²) in [7, 11) is 0. The SMILES string of the molecule is CCCCOc1ccc(CC(C(=O)O)c2ccc(CC)cc2)cc1. The van der Waals surface area contributed by atoms with E-state index in [1.54, 1.807) is 0 Å². The highest BCUT2D eigenvalue weighted by Gasteiger charge is 2.20. The van der Waals surface area contributed by atoms with Crippen LogP contribution >= 0.6 is 0 Å². The van der Waals surface area contributed by atoms with E-state index in [9.17, 15) is 9.90 Å². The van der Waals surface area contributed by atoms with E-state index < -0.39 is 11.9 Å². The second-order valence-corrected chi connectivity index (χ2v) is 6.04. The van der Waals surface area contributed by atoms with Gasteiger partial charge in [0, 0.05) is 0 Å². The van der Waals surface area contributed by atoms with E-state index in [4.69, 9.17) is 4.74 Å². The zero-order chi connectivity index (χ0) is 17.4. The molecular formula is C21H26O3. The number of carboxylic acid groups (broad SMARTS) is 1. The molecular weight excluding hydrogens is 300 g/mol. The van der Waals surface area contributed by atoms with E-state index in [-0.39, 0.29) is 0 Å². The fraction of sp³-hybridized carbons (Fsp3) is 0.381. The predicted molar refractivity (Wildman–Crippen MR) is 96.7 cm³/mol. The molecule has 3 nitrogen and oxygen atoms in total. The first-order valence-electron chi connectivity index (χ1n) is 8.67. The monoisotopic (exact) mass is 326 g/mol. The molecule has 0 aromatic heterocycles. The van der Waals surface area contributed by atoms with Gasteiger partial charge in [-0.1, -0.05) is 56.7 Å². The average molecular weight is 326 g/mol. The molecule has 2 rings (SSSR count). The van der Waals surface area contributed by atoms with Crippen molar-refractivity contribution in [1.82, 2.24) is 0 Å². The molecule has 1 unspecified atom stereocenters. The van der Waals surface area contributed by atoms with Crippen molar-refractivity contribution >= 4 is 5.97 Å². The molecule has 128 valence electrons. The van der Waals surface area contributed by atoms with E-state index in [2.05, 4.69) is 13.8 Å². The van der Waals surface area contributed by atoms with Gasteiger partial charge in [-0.3, -0.25) is 4.79 Å². The standard InChI is InChI=1S/C21H26O3/c1-3-5-14-24-19-12-8-17(9-13-19)15-20(21(22)23)18-10-6-16(4-2)7-11-18/h6-13,20H,3-5,14-15H2,1-2H3,(H,22,23). The van der Waals surface area contributed by atoms with E-state index in [1.165, 1.54) is 5.56 Å². The first-order valence-corrected chi connectivity index (χ1v) is 8.67. The van der Waals surface area contributed by atoms with Gasteiger partial charge in [-0.2, -0.15) is 0 Å². The Morgan fingerprint density at radius 2 is 1.62 bits per heavy atom. The zero-order valence-electron chi connectivity index (χ0n) is 14.5. The second kappa shape index (κ2) is 9.11. The molecule has 24 heavy (non-hydrogen) atoms. The molecule has 2 aromatic carbocycles. The van der Waals surface area contributed by atoms with Crippen molar-refractivity contribution < 1.29 is 14.6 Å². The fourth-order valence-corrected chi connectivity index (χ4v) is 2.63. The summed E-state index contributed by atoms with van der Waals surface area (Å²) >= 11 is 0. The van der Waals surface area contributed by atoms with Crippen molar-refractivity contribution in [2.24, 2.45) is 0 Å². The smallest absolute Gasteiger partial charge is 0.311 e. The van der Waals surface area contributed by atoms with Crippen LogP contribution in [-0.4, -0.2) is 17.7 Å². The quantitative estimate of drug-likeness (QED) is 0.671. The number of aryl methyl sites for hydroxylation is 1. The number of rotatable bonds is 9. The van der Waals surface area contributed by atoms with Crippen LogP contribution in [0.1, 0.15) is 49.3 Å². The Kier molecular flexibility index (Phi) is 6.86. The van der Waals surface area contributed by atoms with Gasteiger partial charge in [-0.15, -0.1) is 0 Å². The summed E-state index contributed by atoms with van der Waals surface area (Å²) in [6.07, 6.45) is 3.58. The highest BCUT2D eigenvalue weighted by Crippen LogP contribution is 2.23. The summed E-state index contributed by atoms with van der Waals surface area (Å²) in [6, 6.07) is 15.6. The van der Waals surface area contributed by atoms with Gasteiger partial charge in [-0.25, -0.2) is 0 Å². The summed E-state index contributed by atoms with van der Waals surface area (Å²) in [4.78, 5) is 11.7. The highest BCUT2D eigenvalue weighted by molar-refractivity contribution is 5.76. The summed E-state index contributed by atoms with van der Waals surface area (Å²) in [6.45, 7) is 4.94. The van der Waals surface area contributed by atoms with Gasteiger partial charge in [0.1, 0.15) is 5.75 Å². The third-order valence-corrected chi connectivity index (χ3v) is 4.22. The second-order valence-electron chi connectivity index (χ2n) is 6.04. The van der Waals surface area contributed by atoms with Crippen LogP contribution in [0.4, 0.5) is 0 Å². The number of carbonyl (C=O) groups is 1. The van der Waals surface area contributed by atoms with Crippen LogP contribution in [0.15, 0.2) is 48.5 Å². The number of benzene rings is 2. The molecule has 0 radical (unpaired) electrons. The third-order valence-electron chi connectivity index (χ3n) is 4.22. The summed E-state index contributed by atoms with van der Waals surface area (Å²) < 4.78 is 5.65. The van der Waals surface area contributed by atoms with Gasteiger partial charge < -0.3 is 9.84 Å². The Bertz CT molecular complexity index is 629. The maximum Gasteiger partial charge on any atom is 0.311 e. The minimum Gasteiger partial charge on any atom is -0.494 e. The predicted octanol–water partition coefficient (Wildman–Crippen LogP) is 4.84. The first-order chi connectivity index (χ1) is 11.6. The Hall–Kier alpha value is -2.29. The molecule has 1 atom stereocenters. The maximum atomic E-state index is 11.7. The molecule has 0 aliphatic carbocycles. The Morgan fingerprint density at radius 3 is 2.17 bits per heavy atom. The molecule has 0 fully saturated rings. The van der Waals surface area contributed by atoms with Crippen LogP contribution in [0, 0.1) is 0 Å². The molecule has 0 amide bonds. The Morgan fingerprint density at radius 1 is 1.00 bits per heavy atom. The molecule has 0 saturated heterocycles. The molecule has 0 heterocycles. The molecule has 2 aromatic rings. The molecule has 0 spiro atoms. The lowest BCUT2D eigenvalue weighted by Gasteiger charge is -2.14. The van der Waals surface area contributed by atoms with Gasteiger partial charge >= 0.3 is 5.97 Å². The van der Waals surface area contributed by atoms with Crippen molar-refractivity contribution in [3.8, 4) is 5.75 Å². The lowest BCUT2D eigenvalue weighted by molar-refractivity contribution is -0.138. The Labute approximate surface area is 144 Å². The highest BCUT2D eigenvalue weighted by atomic mass is 16.5. The van der Waals surface area contributed by atoms with Crippen molar-refractivity contribution in [3.63, 3.8) is 0 Å². The molecule has 0 aliphatic rings.